The number of rotatable bonds is 6. The van der Waals surface area contributed by atoms with Gasteiger partial charge in [0.2, 0.25) is 10.0 Å². The van der Waals surface area contributed by atoms with Crippen LogP contribution in [0.25, 0.3) is 0 Å². The van der Waals surface area contributed by atoms with Crippen LogP contribution < -0.4 is 5.32 Å². The fourth-order valence-corrected chi connectivity index (χ4v) is 2.62. The van der Waals surface area contributed by atoms with Crippen LogP contribution in [0.1, 0.15) is 18.5 Å². The first-order valence-corrected chi connectivity index (χ1v) is 7.81. The second-order valence-electron chi connectivity index (χ2n) is 4.44. The van der Waals surface area contributed by atoms with Crippen molar-refractivity contribution >= 4 is 21.6 Å². The third kappa shape index (κ3) is 4.72. The van der Waals surface area contributed by atoms with Crippen molar-refractivity contribution in [2.75, 3.05) is 26.4 Å². The molecule has 0 saturated carbocycles. The Morgan fingerprint density at radius 3 is 2.58 bits per heavy atom. The molecular formula is C12H18ClFN2O2S. The zero-order chi connectivity index (χ0) is 14.6. The highest BCUT2D eigenvalue weighted by molar-refractivity contribution is 7.89. The molecule has 0 aromatic heterocycles. The van der Waals surface area contributed by atoms with E-state index in [9.17, 15) is 12.8 Å². The van der Waals surface area contributed by atoms with Gasteiger partial charge in [0.1, 0.15) is 5.82 Å². The topological polar surface area (TPSA) is 49.4 Å². The Morgan fingerprint density at radius 2 is 2.05 bits per heavy atom. The standard InChI is InChI=1S/C12H18ClFN2O2S/c1-9(11-5-4-10(14)8-12(11)13)15-6-7-19(17,18)16(2)3/h4-5,8-9,15H,6-7H2,1-3H3. The molecule has 0 aliphatic carbocycles. The molecule has 0 spiro atoms. The molecule has 1 aromatic carbocycles. The molecular weight excluding hydrogens is 291 g/mol. The zero-order valence-electron chi connectivity index (χ0n) is 11.2. The molecule has 0 amide bonds. The van der Waals surface area contributed by atoms with Crippen molar-refractivity contribution in [3.05, 3.63) is 34.6 Å². The fraction of sp³-hybridized carbons (Fsp3) is 0.500. The van der Waals surface area contributed by atoms with Crippen molar-refractivity contribution in [3.8, 4) is 0 Å². The number of halogens is 2. The van der Waals surface area contributed by atoms with Gasteiger partial charge in [-0.1, -0.05) is 17.7 Å². The molecule has 0 radical (unpaired) electrons. The smallest absolute Gasteiger partial charge is 0.214 e. The van der Waals surface area contributed by atoms with Gasteiger partial charge in [-0.05, 0) is 24.6 Å². The summed E-state index contributed by atoms with van der Waals surface area (Å²) < 4.78 is 37.2. The Hall–Kier alpha value is -0.690. The molecule has 4 nitrogen and oxygen atoms in total. The first-order valence-electron chi connectivity index (χ1n) is 5.82. The summed E-state index contributed by atoms with van der Waals surface area (Å²) in [7, 11) is -0.224. The average Bonchev–Trinajstić information content (AvgIpc) is 2.28. The highest BCUT2D eigenvalue weighted by atomic mass is 35.5. The van der Waals surface area contributed by atoms with Crippen molar-refractivity contribution < 1.29 is 12.8 Å². The minimum atomic E-state index is -3.22. The second-order valence-corrected chi connectivity index (χ2v) is 7.15. The first-order chi connectivity index (χ1) is 8.74. The van der Waals surface area contributed by atoms with Gasteiger partial charge in [-0.3, -0.25) is 0 Å². The summed E-state index contributed by atoms with van der Waals surface area (Å²) in [6.45, 7) is 2.15. The van der Waals surface area contributed by atoms with Crippen LogP contribution in [0.4, 0.5) is 4.39 Å². The summed E-state index contributed by atoms with van der Waals surface area (Å²) in [4.78, 5) is 0. The summed E-state index contributed by atoms with van der Waals surface area (Å²) in [5.74, 6) is -0.389. The molecule has 0 heterocycles. The van der Waals surface area contributed by atoms with E-state index in [1.165, 1.54) is 30.5 Å². The van der Waals surface area contributed by atoms with E-state index in [0.717, 1.165) is 5.56 Å². The van der Waals surface area contributed by atoms with Crippen LogP contribution in [-0.4, -0.2) is 39.1 Å². The fourth-order valence-electron chi connectivity index (χ4n) is 1.55. The minimum absolute atomic E-state index is 0.00313. The van der Waals surface area contributed by atoms with Gasteiger partial charge in [0.15, 0.2) is 0 Å². The number of sulfonamides is 1. The number of nitrogens with one attached hydrogen (secondary N) is 1. The molecule has 1 N–H and O–H groups in total. The molecule has 0 aliphatic rings. The van der Waals surface area contributed by atoms with Crippen LogP contribution in [-0.2, 0) is 10.0 Å². The lowest BCUT2D eigenvalue weighted by Gasteiger charge is -2.17. The molecule has 108 valence electrons. The molecule has 1 atom stereocenters. The largest absolute Gasteiger partial charge is 0.309 e. The van der Waals surface area contributed by atoms with Crippen molar-refractivity contribution in [3.63, 3.8) is 0 Å². The number of nitrogens with zero attached hydrogens (tertiary/aromatic N) is 1. The number of benzene rings is 1. The molecule has 1 unspecified atom stereocenters. The summed E-state index contributed by atoms with van der Waals surface area (Å²) in [5.41, 5.74) is 0.741. The lowest BCUT2D eigenvalue weighted by molar-refractivity contribution is 0.512. The predicted octanol–water partition coefficient (Wildman–Crippen LogP) is 2.02. The van der Waals surface area contributed by atoms with Gasteiger partial charge in [0.05, 0.1) is 5.75 Å². The molecule has 1 rings (SSSR count). The normalized spacial score (nSPS) is 13.8. The van der Waals surface area contributed by atoms with E-state index in [-0.39, 0.29) is 11.8 Å². The molecule has 1 aromatic rings. The minimum Gasteiger partial charge on any atom is -0.309 e. The Balaban J connectivity index is 2.59. The van der Waals surface area contributed by atoms with E-state index in [2.05, 4.69) is 5.32 Å². The van der Waals surface area contributed by atoms with Crippen LogP contribution in [0.3, 0.4) is 0 Å². The number of hydrogen-bond acceptors (Lipinski definition) is 3. The molecule has 0 bridgehead atoms. The highest BCUT2D eigenvalue weighted by Gasteiger charge is 2.15. The van der Waals surface area contributed by atoms with E-state index >= 15 is 0 Å². The molecule has 0 fully saturated rings. The van der Waals surface area contributed by atoms with Gasteiger partial charge in [-0.15, -0.1) is 0 Å². The summed E-state index contributed by atoms with van der Waals surface area (Å²) in [6, 6.07) is 4.02. The van der Waals surface area contributed by atoms with Gasteiger partial charge in [0.25, 0.3) is 0 Å². The van der Waals surface area contributed by atoms with Crippen molar-refractivity contribution in [2.24, 2.45) is 0 Å². The summed E-state index contributed by atoms with van der Waals surface area (Å²) >= 11 is 5.94. The maximum atomic E-state index is 12.9. The van der Waals surface area contributed by atoms with Crippen molar-refractivity contribution in [2.45, 2.75) is 13.0 Å². The van der Waals surface area contributed by atoms with Gasteiger partial charge in [-0.25, -0.2) is 17.1 Å². The summed E-state index contributed by atoms with van der Waals surface area (Å²) in [6.07, 6.45) is 0. The Bertz CT molecular complexity index is 535. The average molecular weight is 309 g/mol. The zero-order valence-corrected chi connectivity index (χ0v) is 12.7. The number of hydrogen-bond donors (Lipinski definition) is 1. The Labute approximate surface area is 118 Å². The Kier molecular flexibility index (Phi) is 5.73. The van der Waals surface area contributed by atoms with Gasteiger partial charge in [-0.2, -0.15) is 0 Å². The third-order valence-corrected chi connectivity index (χ3v) is 4.96. The van der Waals surface area contributed by atoms with E-state index in [4.69, 9.17) is 11.6 Å². The second kappa shape index (κ2) is 6.65. The van der Waals surface area contributed by atoms with Crippen molar-refractivity contribution in [1.29, 1.82) is 0 Å². The van der Waals surface area contributed by atoms with Gasteiger partial charge < -0.3 is 5.32 Å². The van der Waals surface area contributed by atoms with Crippen molar-refractivity contribution in [1.82, 2.24) is 9.62 Å². The molecule has 19 heavy (non-hydrogen) atoms. The first kappa shape index (κ1) is 16.4. The van der Waals surface area contributed by atoms with E-state index in [1.54, 1.807) is 6.07 Å². The van der Waals surface area contributed by atoms with E-state index < -0.39 is 15.8 Å². The summed E-state index contributed by atoms with van der Waals surface area (Å²) in [5, 5.41) is 3.39. The lowest BCUT2D eigenvalue weighted by atomic mass is 10.1. The quantitative estimate of drug-likeness (QED) is 0.875. The maximum Gasteiger partial charge on any atom is 0.214 e. The Morgan fingerprint density at radius 1 is 1.42 bits per heavy atom. The third-order valence-electron chi connectivity index (χ3n) is 2.80. The van der Waals surface area contributed by atoms with Gasteiger partial charge in [0, 0.05) is 31.7 Å². The van der Waals surface area contributed by atoms with Crippen LogP contribution in [0, 0.1) is 5.82 Å². The van der Waals surface area contributed by atoms with Crippen LogP contribution >= 0.6 is 11.6 Å². The van der Waals surface area contributed by atoms with Crippen LogP contribution in [0.2, 0.25) is 5.02 Å². The maximum absolute atomic E-state index is 12.9. The SMILES string of the molecule is CC(NCCS(=O)(=O)N(C)C)c1ccc(F)cc1Cl. The van der Waals surface area contributed by atoms with E-state index in [1.807, 2.05) is 6.92 Å². The molecule has 7 heteroatoms. The van der Waals surface area contributed by atoms with Gasteiger partial charge >= 0.3 is 0 Å². The van der Waals surface area contributed by atoms with Crippen LogP contribution in [0.5, 0.6) is 0 Å². The molecule has 0 aliphatic heterocycles. The monoisotopic (exact) mass is 308 g/mol. The van der Waals surface area contributed by atoms with E-state index in [0.29, 0.717) is 11.6 Å². The predicted molar refractivity (Wildman–Crippen MR) is 75.3 cm³/mol. The highest BCUT2D eigenvalue weighted by Crippen LogP contribution is 2.23. The lowest BCUT2D eigenvalue weighted by Crippen LogP contribution is -2.32. The molecule has 0 saturated heterocycles. The van der Waals surface area contributed by atoms with Crippen LogP contribution in [0.15, 0.2) is 18.2 Å².